The van der Waals surface area contributed by atoms with Gasteiger partial charge >= 0.3 is 0 Å². The molecular formula is C16H25NO. The number of rotatable bonds is 2. The van der Waals surface area contributed by atoms with Crippen LogP contribution in [-0.2, 0) is 5.54 Å². The molecule has 0 radical (unpaired) electrons. The summed E-state index contributed by atoms with van der Waals surface area (Å²) in [6, 6.07) is 7.76. The Morgan fingerprint density at radius 3 is 2.61 bits per heavy atom. The van der Waals surface area contributed by atoms with E-state index in [0.717, 1.165) is 19.4 Å². The van der Waals surface area contributed by atoms with E-state index >= 15 is 0 Å². The molecule has 0 aliphatic carbocycles. The molecule has 1 atom stereocenters. The fourth-order valence-electron chi connectivity index (χ4n) is 3.18. The number of nitrogens with one attached hydrogen (secondary N) is 1. The van der Waals surface area contributed by atoms with Crippen LogP contribution in [0.3, 0.4) is 0 Å². The van der Waals surface area contributed by atoms with E-state index in [9.17, 15) is 5.11 Å². The summed E-state index contributed by atoms with van der Waals surface area (Å²) in [7, 11) is 0. The highest BCUT2D eigenvalue weighted by molar-refractivity contribution is 5.33. The molecule has 1 fully saturated rings. The van der Waals surface area contributed by atoms with E-state index in [1.165, 1.54) is 18.4 Å². The van der Waals surface area contributed by atoms with E-state index < -0.39 is 0 Å². The fraction of sp³-hybridized carbons (Fsp3) is 0.625. The van der Waals surface area contributed by atoms with Gasteiger partial charge in [-0.3, -0.25) is 0 Å². The van der Waals surface area contributed by atoms with Crippen molar-refractivity contribution in [2.24, 2.45) is 5.41 Å². The molecule has 1 aliphatic rings. The molecule has 1 aliphatic heterocycles. The summed E-state index contributed by atoms with van der Waals surface area (Å²) in [5, 5.41) is 13.5. The molecule has 2 heteroatoms. The molecule has 1 unspecified atom stereocenters. The van der Waals surface area contributed by atoms with E-state index in [-0.39, 0.29) is 11.0 Å². The van der Waals surface area contributed by atoms with Crippen molar-refractivity contribution in [3.63, 3.8) is 0 Å². The third-order valence-corrected chi connectivity index (χ3v) is 3.72. The molecule has 1 saturated heterocycles. The van der Waals surface area contributed by atoms with E-state index in [1.807, 2.05) is 12.1 Å². The quantitative estimate of drug-likeness (QED) is 0.833. The van der Waals surface area contributed by atoms with Crippen molar-refractivity contribution < 1.29 is 5.11 Å². The largest absolute Gasteiger partial charge is 0.508 e. The SMILES string of the molecule is CC(C)(C)CC1(c2cccc(O)c2)CCCCN1. The zero-order valence-electron chi connectivity index (χ0n) is 11.8. The maximum atomic E-state index is 9.73. The Kier molecular flexibility index (Phi) is 3.67. The minimum Gasteiger partial charge on any atom is -0.508 e. The predicted molar refractivity (Wildman–Crippen MR) is 75.7 cm³/mol. The highest BCUT2D eigenvalue weighted by atomic mass is 16.3. The number of phenolic OH excluding ortho intramolecular Hbond substituents is 1. The summed E-state index contributed by atoms with van der Waals surface area (Å²) in [6.45, 7) is 7.93. The van der Waals surface area contributed by atoms with Gasteiger partial charge in [0.1, 0.15) is 5.75 Å². The van der Waals surface area contributed by atoms with Crippen molar-refractivity contribution >= 4 is 0 Å². The number of hydrogen-bond acceptors (Lipinski definition) is 2. The molecule has 1 aromatic rings. The maximum Gasteiger partial charge on any atom is 0.115 e. The molecule has 2 nitrogen and oxygen atoms in total. The summed E-state index contributed by atoms with van der Waals surface area (Å²) < 4.78 is 0. The molecule has 1 aromatic carbocycles. The van der Waals surface area contributed by atoms with E-state index in [0.29, 0.717) is 5.75 Å². The lowest BCUT2D eigenvalue weighted by Crippen LogP contribution is -2.48. The van der Waals surface area contributed by atoms with Crippen LogP contribution >= 0.6 is 0 Å². The smallest absolute Gasteiger partial charge is 0.115 e. The van der Waals surface area contributed by atoms with Gasteiger partial charge in [0, 0.05) is 5.54 Å². The van der Waals surface area contributed by atoms with Crippen LogP contribution in [0.15, 0.2) is 24.3 Å². The second-order valence-corrected chi connectivity index (χ2v) is 6.75. The maximum absolute atomic E-state index is 9.73. The van der Waals surface area contributed by atoms with Crippen LogP contribution in [0.5, 0.6) is 5.75 Å². The van der Waals surface area contributed by atoms with Gasteiger partial charge in [-0.1, -0.05) is 39.3 Å². The average Bonchev–Trinajstić information content (AvgIpc) is 2.28. The number of phenols is 1. The topological polar surface area (TPSA) is 32.3 Å². The molecule has 2 N–H and O–H groups in total. The minimum absolute atomic E-state index is 0.0369. The van der Waals surface area contributed by atoms with Gasteiger partial charge in [0.25, 0.3) is 0 Å². The average molecular weight is 247 g/mol. The normalized spacial score (nSPS) is 25.1. The van der Waals surface area contributed by atoms with E-state index in [2.05, 4.69) is 32.2 Å². The molecule has 0 amide bonds. The van der Waals surface area contributed by atoms with Crippen molar-refractivity contribution in [3.8, 4) is 5.75 Å². The monoisotopic (exact) mass is 247 g/mol. The molecule has 2 rings (SSSR count). The lowest BCUT2D eigenvalue weighted by atomic mass is 9.72. The zero-order valence-corrected chi connectivity index (χ0v) is 11.8. The van der Waals surface area contributed by atoms with E-state index in [1.54, 1.807) is 6.07 Å². The van der Waals surface area contributed by atoms with Crippen LogP contribution in [0.4, 0.5) is 0 Å². The van der Waals surface area contributed by atoms with Crippen molar-refractivity contribution in [1.82, 2.24) is 5.32 Å². The summed E-state index contributed by atoms with van der Waals surface area (Å²) >= 11 is 0. The molecule has 0 spiro atoms. The Morgan fingerprint density at radius 2 is 2.06 bits per heavy atom. The third kappa shape index (κ3) is 3.05. The van der Waals surface area contributed by atoms with Crippen LogP contribution < -0.4 is 5.32 Å². The Morgan fingerprint density at radius 1 is 1.28 bits per heavy atom. The zero-order chi connectivity index (χ0) is 13.2. The highest BCUT2D eigenvalue weighted by Crippen LogP contribution is 2.40. The van der Waals surface area contributed by atoms with Crippen LogP contribution in [0.1, 0.15) is 52.0 Å². The fourth-order valence-corrected chi connectivity index (χ4v) is 3.18. The lowest BCUT2D eigenvalue weighted by Gasteiger charge is -2.43. The molecular weight excluding hydrogens is 222 g/mol. The van der Waals surface area contributed by atoms with Crippen molar-refractivity contribution in [1.29, 1.82) is 0 Å². The van der Waals surface area contributed by atoms with Gasteiger partial charge in [-0.05, 0) is 48.9 Å². The van der Waals surface area contributed by atoms with Gasteiger partial charge in [0.05, 0.1) is 0 Å². The minimum atomic E-state index is 0.0369. The number of hydrogen-bond donors (Lipinski definition) is 2. The number of piperidine rings is 1. The number of benzene rings is 1. The summed E-state index contributed by atoms with van der Waals surface area (Å²) in [5.74, 6) is 0.369. The molecule has 18 heavy (non-hydrogen) atoms. The standard InChI is InChI=1S/C16H25NO/c1-15(2,3)12-16(9-4-5-10-17-16)13-7-6-8-14(18)11-13/h6-8,11,17-18H,4-5,9-10,12H2,1-3H3. The second kappa shape index (κ2) is 4.93. The lowest BCUT2D eigenvalue weighted by molar-refractivity contribution is 0.169. The second-order valence-electron chi connectivity index (χ2n) is 6.75. The Balaban J connectivity index is 2.35. The first kappa shape index (κ1) is 13.4. The van der Waals surface area contributed by atoms with Crippen molar-refractivity contribution in [3.05, 3.63) is 29.8 Å². The summed E-state index contributed by atoms with van der Waals surface area (Å²) in [5.41, 5.74) is 1.54. The summed E-state index contributed by atoms with van der Waals surface area (Å²) in [4.78, 5) is 0. The first-order valence-corrected chi connectivity index (χ1v) is 6.96. The molecule has 0 bridgehead atoms. The molecule has 100 valence electrons. The number of aromatic hydroxyl groups is 1. The van der Waals surface area contributed by atoms with Crippen LogP contribution in [0, 0.1) is 5.41 Å². The van der Waals surface area contributed by atoms with Gasteiger partial charge in [0.15, 0.2) is 0 Å². The van der Waals surface area contributed by atoms with Gasteiger partial charge < -0.3 is 10.4 Å². The van der Waals surface area contributed by atoms with Gasteiger partial charge in [0.2, 0.25) is 0 Å². The van der Waals surface area contributed by atoms with Crippen LogP contribution in [0.25, 0.3) is 0 Å². The first-order chi connectivity index (χ1) is 8.41. The summed E-state index contributed by atoms with van der Waals surface area (Å²) in [6.07, 6.45) is 4.78. The van der Waals surface area contributed by atoms with Crippen molar-refractivity contribution in [2.45, 2.75) is 52.0 Å². The molecule has 0 aromatic heterocycles. The Labute approximate surface area is 110 Å². The van der Waals surface area contributed by atoms with Gasteiger partial charge in [-0.25, -0.2) is 0 Å². The Bertz CT molecular complexity index is 400. The first-order valence-electron chi connectivity index (χ1n) is 6.96. The third-order valence-electron chi connectivity index (χ3n) is 3.72. The molecule has 0 saturated carbocycles. The van der Waals surface area contributed by atoms with E-state index in [4.69, 9.17) is 0 Å². The van der Waals surface area contributed by atoms with Gasteiger partial charge in [-0.15, -0.1) is 0 Å². The highest BCUT2D eigenvalue weighted by Gasteiger charge is 2.37. The van der Waals surface area contributed by atoms with Crippen molar-refractivity contribution in [2.75, 3.05) is 6.54 Å². The van der Waals surface area contributed by atoms with Crippen LogP contribution in [-0.4, -0.2) is 11.7 Å². The van der Waals surface area contributed by atoms with Gasteiger partial charge in [-0.2, -0.15) is 0 Å². The Hall–Kier alpha value is -1.02. The molecule has 1 heterocycles. The van der Waals surface area contributed by atoms with Crippen LogP contribution in [0.2, 0.25) is 0 Å². The predicted octanol–water partition coefficient (Wildman–Crippen LogP) is 3.80.